The lowest BCUT2D eigenvalue weighted by atomic mass is 9.94. The first-order valence-electron chi connectivity index (χ1n) is 4.93. The molecule has 2 atom stereocenters. The molecule has 0 heterocycles. The minimum atomic E-state index is -1.57. The third-order valence-corrected chi connectivity index (χ3v) is 2.48. The quantitative estimate of drug-likeness (QED) is 0.785. The maximum Gasteiger partial charge on any atom is 0.194 e. The summed E-state index contributed by atoms with van der Waals surface area (Å²) in [7, 11) is 0. The molecule has 0 saturated heterocycles. The normalized spacial score (nSPS) is 15.2. The maximum atomic E-state index is 13.3. The summed E-state index contributed by atoms with van der Waals surface area (Å²) in [5.74, 6) is -4.38. The summed E-state index contributed by atoms with van der Waals surface area (Å²) in [6, 6.07) is 0.764. The fourth-order valence-corrected chi connectivity index (χ4v) is 1.40. The molecule has 90 valence electrons. The highest BCUT2D eigenvalue weighted by Crippen LogP contribution is 2.24. The Hall–Kier alpha value is -1.07. The van der Waals surface area contributed by atoms with E-state index < -0.39 is 29.6 Å². The van der Waals surface area contributed by atoms with Crippen LogP contribution in [0.3, 0.4) is 0 Å². The first-order valence-corrected chi connectivity index (χ1v) is 4.93. The Morgan fingerprint density at radius 2 is 1.69 bits per heavy atom. The molecule has 0 fully saturated rings. The molecule has 1 aromatic carbocycles. The van der Waals surface area contributed by atoms with Crippen LogP contribution in [0.15, 0.2) is 12.1 Å². The monoisotopic (exact) mass is 233 g/mol. The van der Waals surface area contributed by atoms with Gasteiger partial charge in [-0.25, -0.2) is 13.2 Å². The van der Waals surface area contributed by atoms with E-state index in [0.717, 1.165) is 12.1 Å². The molecule has 0 aliphatic heterocycles. The van der Waals surface area contributed by atoms with Gasteiger partial charge in [0.15, 0.2) is 17.5 Å². The van der Waals surface area contributed by atoms with E-state index in [1.54, 1.807) is 13.8 Å². The highest BCUT2D eigenvalue weighted by Gasteiger charge is 2.25. The van der Waals surface area contributed by atoms with E-state index in [1.807, 2.05) is 0 Å². The number of rotatable bonds is 3. The van der Waals surface area contributed by atoms with Crippen molar-refractivity contribution in [2.24, 2.45) is 11.7 Å². The number of aliphatic hydroxyl groups is 1. The summed E-state index contributed by atoms with van der Waals surface area (Å²) in [6.45, 7) is 3.39. The lowest BCUT2D eigenvalue weighted by Crippen LogP contribution is -2.31. The topological polar surface area (TPSA) is 46.2 Å². The molecule has 0 aliphatic carbocycles. The van der Waals surface area contributed by atoms with Crippen molar-refractivity contribution < 1.29 is 18.3 Å². The molecule has 0 radical (unpaired) electrons. The van der Waals surface area contributed by atoms with E-state index in [-0.39, 0.29) is 11.5 Å². The molecule has 0 unspecified atom stereocenters. The number of aliphatic hydroxyl groups excluding tert-OH is 1. The van der Waals surface area contributed by atoms with Crippen LogP contribution in [0.4, 0.5) is 13.2 Å². The fourth-order valence-electron chi connectivity index (χ4n) is 1.40. The Morgan fingerprint density at radius 3 is 2.19 bits per heavy atom. The van der Waals surface area contributed by atoms with E-state index >= 15 is 0 Å². The van der Waals surface area contributed by atoms with Crippen molar-refractivity contribution in [1.29, 1.82) is 0 Å². The minimum Gasteiger partial charge on any atom is -0.391 e. The van der Waals surface area contributed by atoms with Gasteiger partial charge in [0.2, 0.25) is 0 Å². The van der Waals surface area contributed by atoms with E-state index in [9.17, 15) is 18.3 Å². The average molecular weight is 233 g/mol. The summed E-state index contributed by atoms with van der Waals surface area (Å²) in [5.41, 5.74) is 5.36. The molecule has 0 aliphatic rings. The number of halogens is 3. The van der Waals surface area contributed by atoms with Gasteiger partial charge in [-0.15, -0.1) is 0 Å². The minimum absolute atomic E-state index is 0.206. The molecule has 2 nitrogen and oxygen atoms in total. The Kier molecular flexibility index (Phi) is 3.93. The van der Waals surface area contributed by atoms with Crippen LogP contribution in [-0.2, 0) is 0 Å². The SMILES string of the molecule is CC(C)[C@H](O)[C@H](N)c1ccc(F)c(F)c1F. The van der Waals surface area contributed by atoms with E-state index in [0.29, 0.717) is 0 Å². The van der Waals surface area contributed by atoms with E-state index in [2.05, 4.69) is 0 Å². The van der Waals surface area contributed by atoms with Crippen molar-refractivity contribution in [3.63, 3.8) is 0 Å². The summed E-state index contributed by atoms with van der Waals surface area (Å²) >= 11 is 0. The first kappa shape index (κ1) is 13.0. The zero-order valence-electron chi connectivity index (χ0n) is 9.05. The summed E-state index contributed by atoms with van der Waals surface area (Å²) in [4.78, 5) is 0. The Bertz CT molecular complexity index is 382. The third-order valence-electron chi connectivity index (χ3n) is 2.48. The molecule has 5 heteroatoms. The highest BCUT2D eigenvalue weighted by molar-refractivity contribution is 5.24. The lowest BCUT2D eigenvalue weighted by molar-refractivity contribution is 0.0962. The van der Waals surface area contributed by atoms with Gasteiger partial charge in [-0.1, -0.05) is 19.9 Å². The van der Waals surface area contributed by atoms with Crippen LogP contribution < -0.4 is 5.73 Å². The molecule has 0 bridgehead atoms. The number of benzene rings is 1. The highest BCUT2D eigenvalue weighted by atomic mass is 19.2. The molecule has 0 amide bonds. The largest absolute Gasteiger partial charge is 0.391 e. The second-order valence-corrected chi connectivity index (χ2v) is 4.02. The van der Waals surface area contributed by atoms with Crippen molar-refractivity contribution in [3.05, 3.63) is 35.1 Å². The van der Waals surface area contributed by atoms with Gasteiger partial charge in [0.25, 0.3) is 0 Å². The van der Waals surface area contributed by atoms with Crippen molar-refractivity contribution in [3.8, 4) is 0 Å². The van der Waals surface area contributed by atoms with Gasteiger partial charge in [-0.3, -0.25) is 0 Å². The van der Waals surface area contributed by atoms with Crippen LogP contribution in [0.2, 0.25) is 0 Å². The smallest absolute Gasteiger partial charge is 0.194 e. The van der Waals surface area contributed by atoms with Crippen molar-refractivity contribution in [2.45, 2.75) is 26.0 Å². The maximum absolute atomic E-state index is 13.3. The standard InChI is InChI=1S/C11H14F3NO/c1-5(2)11(16)10(15)6-3-4-7(12)9(14)8(6)13/h3-5,10-11,16H,15H2,1-2H3/t10-,11+/m1/s1. The Labute approximate surface area is 91.9 Å². The Balaban J connectivity index is 3.10. The van der Waals surface area contributed by atoms with Crippen LogP contribution >= 0.6 is 0 Å². The molecule has 0 spiro atoms. The van der Waals surface area contributed by atoms with Crippen molar-refractivity contribution in [2.75, 3.05) is 0 Å². The van der Waals surface area contributed by atoms with Crippen LogP contribution in [0.5, 0.6) is 0 Å². The van der Waals surface area contributed by atoms with E-state index in [1.165, 1.54) is 0 Å². The lowest BCUT2D eigenvalue weighted by Gasteiger charge is -2.22. The van der Waals surface area contributed by atoms with E-state index in [4.69, 9.17) is 5.73 Å². The number of hydrogen-bond acceptors (Lipinski definition) is 2. The molecule has 1 rings (SSSR count). The van der Waals surface area contributed by atoms with Crippen LogP contribution in [0.25, 0.3) is 0 Å². The molecular formula is C11H14F3NO. The van der Waals surface area contributed by atoms with Gasteiger partial charge >= 0.3 is 0 Å². The predicted octanol–water partition coefficient (Wildman–Crippen LogP) is 2.12. The third kappa shape index (κ3) is 2.36. The molecule has 0 saturated carbocycles. The van der Waals surface area contributed by atoms with Gasteiger partial charge in [-0.2, -0.15) is 0 Å². The second kappa shape index (κ2) is 4.84. The first-order chi connectivity index (χ1) is 7.36. The Morgan fingerprint density at radius 1 is 1.12 bits per heavy atom. The van der Waals surface area contributed by atoms with Crippen molar-refractivity contribution in [1.82, 2.24) is 0 Å². The summed E-state index contributed by atoms with van der Waals surface area (Å²) in [6.07, 6.45) is -1.01. The van der Waals surface area contributed by atoms with Gasteiger partial charge < -0.3 is 10.8 Å². The molecule has 3 N–H and O–H groups in total. The molecule has 16 heavy (non-hydrogen) atoms. The molecule has 0 aromatic heterocycles. The zero-order chi connectivity index (χ0) is 12.5. The van der Waals surface area contributed by atoms with Crippen molar-refractivity contribution >= 4 is 0 Å². The summed E-state index contributed by atoms with van der Waals surface area (Å²) < 4.78 is 38.9. The van der Waals surface area contributed by atoms with Gasteiger partial charge in [0, 0.05) is 5.56 Å². The summed E-state index contributed by atoms with van der Waals surface area (Å²) in [5, 5.41) is 9.63. The van der Waals surface area contributed by atoms with Crippen LogP contribution in [0.1, 0.15) is 25.5 Å². The van der Waals surface area contributed by atoms with Gasteiger partial charge in [0.1, 0.15) is 0 Å². The van der Waals surface area contributed by atoms with Crippen LogP contribution in [-0.4, -0.2) is 11.2 Å². The second-order valence-electron chi connectivity index (χ2n) is 4.02. The number of nitrogens with two attached hydrogens (primary N) is 1. The molecule has 1 aromatic rings. The zero-order valence-corrected chi connectivity index (χ0v) is 9.05. The predicted molar refractivity (Wildman–Crippen MR) is 54.1 cm³/mol. The number of hydrogen-bond donors (Lipinski definition) is 2. The average Bonchev–Trinajstić information content (AvgIpc) is 2.24. The fraction of sp³-hybridized carbons (Fsp3) is 0.455. The van der Waals surface area contributed by atoms with Gasteiger partial charge in [-0.05, 0) is 12.0 Å². The van der Waals surface area contributed by atoms with Crippen LogP contribution in [0, 0.1) is 23.4 Å². The molecular weight excluding hydrogens is 219 g/mol. The van der Waals surface area contributed by atoms with Gasteiger partial charge in [0.05, 0.1) is 12.1 Å².